The number of hydrogen-bond donors (Lipinski definition) is 1. The monoisotopic (exact) mass is 134 g/mol. The average Bonchev–Trinajstić information content (AvgIpc) is 2.03. The van der Waals surface area contributed by atoms with Crippen LogP contribution in [0.2, 0.25) is 0 Å². The Labute approximate surface area is 61.4 Å². The van der Waals surface area contributed by atoms with Gasteiger partial charge < -0.3 is 5.32 Å². The lowest BCUT2D eigenvalue weighted by molar-refractivity contribution is -0.561. The fourth-order valence-corrected chi connectivity index (χ4v) is 0.809. The average molecular weight is 134 g/mol. The first-order valence-corrected chi connectivity index (χ1v) is 3.42. The molecule has 10 heavy (non-hydrogen) atoms. The second kappa shape index (κ2) is 3.85. The standard InChI is InChI=1S/C9H11N/c1-2-8-10-9-6-4-3-5-7-9/h2-7,10H,1,8H2/p+1. The predicted octanol–water partition coefficient (Wildman–Crippen LogP) is 1.07. The highest BCUT2D eigenvalue weighted by Gasteiger charge is 1.88. The molecule has 0 aliphatic rings. The molecule has 1 heteroatoms. The van der Waals surface area contributed by atoms with Gasteiger partial charge in [0.25, 0.3) is 0 Å². The summed E-state index contributed by atoms with van der Waals surface area (Å²) in [5, 5.41) is 2.15. The second-order valence-corrected chi connectivity index (χ2v) is 2.14. The molecule has 0 amide bonds. The first-order valence-electron chi connectivity index (χ1n) is 3.42. The van der Waals surface area contributed by atoms with Crippen molar-refractivity contribution in [2.45, 2.75) is 0 Å². The molecule has 0 heterocycles. The molecule has 0 aromatic heterocycles. The van der Waals surface area contributed by atoms with Crippen molar-refractivity contribution in [3.05, 3.63) is 43.0 Å². The maximum Gasteiger partial charge on any atom is 0.129 e. The third kappa shape index (κ3) is 2.03. The van der Waals surface area contributed by atoms with Gasteiger partial charge in [-0.2, -0.15) is 0 Å². The van der Waals surface area contributed by atoms with Gasteiger partial charge in [0.1, 0.15) is 5.69 Å². The minimum absolute atomic E-state index is 0.948. The zero-order chi connectivity index (χ0) is 7.23. The van der Waals surface area contributed by atoms with Crippen molar-refractivity contribution in [3.63, 3.8) is 0 Å². The molecule has 0 unspecified atom stereocenters. The van der Waals surface area contributed by atoms with Crippen molar-refractivity contribution >= 4 is 5.69 Å². The Kier molecular flexibility index (Phi) is 2.71. The number of quaternary nitrogens is 1. The molecule has 0 bridgehead atoms. The number of hydrogen-bond acceptors (Lipinski definition) is 0. The topological polar surface area (TPSA) is 16.6 Å². The van der Waals surface area contributed by atoms with E-state index in [1.165, 1.54) is 5.69 Å². The number of nitrogens with two attached hydrogens (primary N) is 1. The molecule has 1 nitrogen and oxygen atoms in total. The van der Waals surface area contributed by atoms with E-state index in [9.17, 15) is 0 Å². The number of benzene rings is 1. The first kappa shape index (κ1) is 7.03. The first-order chi connectivity index (χ1) is 4.93. The van der Waals surface area contributed by atoms with Crippen molar-refractivity contribution in [2.24, 2.45) is 0 Å². The molecule has 0 saturated heterocycles. The van der Waals surface area contributed by atoms with Gasteiger partial charge in [-0.05, 0) is 18.2 Å². The largest absolute Gasteiger partial charge is 0.311 e. The van der Waals surface area contributed by atoms with Crippen LogP contribution in [0.3, 0.4) is 0 Å². The molecule has 0 aliphatic heterocycles. The Morgan fingerprint density at radius 1 is 1.30 bits per heavy atom. The van der Waals surface area contributed by atoms with E-state index in [1.54, 1.807) is 0 Å². The number of rotatable bonds is 3. The molecule has 2 N–H and O–H groups in total. The van der Waals surface area contributed by atoms with Crippen LogP contribution in [0.4, 0.5) is 5.69 Å². The van der Waals surface area contributed by atoms with Crippen LogP contribution >= 0.6 is 0 Å². The second-order valence-electron chi connectivity index (χ2n) is 2.14. The molecule has 0 spiro atoms. The molecule has 0 radical (unpaired) electrons. The van der Waals surface area contributed by atoms with Gasteiger partial charge in [0.2, 0.25) is 0 Å². The highest BCUT2D eigenvalue weighted by Crippen LogP contribution is 1.95. The van der Waals surface area contributed by atoms with E-state index in [0.717, 1.165) is 6.54 Å². The Morgan fingerprint density at radius 3 is 2.60 bits per heavy atom. The summed E-state index contributed by atoms with van der Waals surface area (Å²) in [6.45, 7) is 4.59. The van der Waals surface area contributed by atoms with Crippen molar-refractivity contribution in [2.75, 3.05) is 6.54 Å². The Morgan fingerprint density at radius 2 is 2.00 bits per heavy atom. The van der Waals surface area contributed by atoms with Crippen LogP contribution in [0.5, 0.6) is 0 Å². The predicted molar refractivity (Wildman–Crippen MR) is 43.1 cm³/mol. The Bertz CT molecular complexity index is 191. The molecule has 1 aromatic carbocycles. The van der Waals surface area contributed by atoms with E-state index in [2.05, 4.69) is 24.0 Å². The smallest absolute Gasteiger partial charge is 0.129 e. The molecule has 1 aromatic rings. The van der Waals surface area contributed by atoms with Crippen LogP contribution in [0.25, 0.3) is 0 Å². The van der Waals surface area contributed by atoms with Crippen LogP contribution in [0.15, 0.2) is 43.0 Å². The summed E-state index contributed by atoms with van der Waals surface area (Å²) in [7, 11) is 0. The lowest BCUT2D eigenvalue weighted by Crippen LogP contribution is -2.77. The van der Waals surface area contributed by atoms with E-state index >= 15 is 0 Å². The van der Waals surface area contributed by atoms with Crippen LogP contribution in [0, 0.1) is 0 Å². The lowest BCUT2D eigenvalue weighted by atomic mass is 10.3. The molecular formula is C9H12N+. The summed E-state index contributed by atoms with van der Waals surface area (Å²) < 4.78 is 0. The van der Waals surface area contributed by atoms with Crippen molar-refractivity contribution in [1.29, 1.82) is 0 Å². The van der Waals surface area contributed by atoms with Crippen molar-refractivity contribution in [1.82, 2.24) is 0 Å². The van der Waals surface area contributed by atoms with Gasteiger partial charge in [0.05, 0.1) is 6.54 Å². The highest BCUT2D eigenvalue weighted by atomic mass is 14.8. The van der Waals surface area contributed by atoms with E-state index in [-0.39, 0.29) is 0 Å². The number of para-hydroxylation sites is 1. The molecule has 0 saturated carbocycles. The maximum absolute atomic E-state index is 3.64. The van der Waals surface area contributed by atoms with Gasteiger partial charge >= 0.3 is 0 Å². The third-order valence-corrected chi connectivity index (χ3v) is 1.32. The molecule has 52 valence electrons. The minimum Gasteiger partial charge on any atom is -0.311 e. The summed E-state index contributed by atoms with van der Waals surface area (Å²) in [5.41, 5.74) is 1.27. The Hall–Kier alpha value is -1.08. The molecule has 0 aliphatic carbocycles. The molecule has 0 atom stereocenters. The maximum atomic E-state index is 3.64. The van der Waals surface area contributed by atoms with Crippen LogP contribution in [0.1, 0.15) is 0 Å². The summed E-state index contributed by atoms with van der Waals surface area (Å²) in [6, 6.07) is 10.3. The Balaban J connectivity index is 2.50. The fourth-order valence-electron chi connectivity index (χ4n) is 0.809. The normalized spacial score (nSPS) is 9.20. The van der Waals surface area contributed by atoms with Gasteiger partial charge in [-0.15, -0.1) is 0 Å². The van der Waals surface area contributed by atoms with Gasteiger partial charge in [-0.1, -0.05) is 24.8 Å². The summed E-state index contributed by atoms with van der Waals surface area (Å²) >= 11 is 0. The molecular weight excluding hydrogens is 122 g/mol. The quantitative estimate of drug-likeness (QED) is 0.470. The zero-order valence-corrected chi connectivity index (χ0v) is 5.96. The van der Waals surface area contributed by atoms with Gasteiger partial charge in [0, 0.05) is 0 Å². The molecule has 1 rings (SSSR count). The zero-order valence-electron chi connectivity index (χ0n) is 5.96. The summed E-state index contributed by atoms with van der Waals surface area (Å²) in [6.07, 6.45) is 1.90. The van der Waals surface area contributed by atoms with E-state index in [4.69, 9.17) is 0 Å². The van der Waals surface area contributed by atoms with Crippen molar-refractivity contribution < 1.29 is 5.32 Å². The highest BCUT2D eigenvalue weighted by molar-refractivity contribution is 5.26. The van der Waals surface area contributed by atoms with Gasteiger partial charge in [-0.25, -0.2) is 0 Å². The van der Waals surface area contributed by atoms with Crippen molar-refractivity contribution in [3.8, 4) is 0 Å². The van der Waals surface area contributed by atoms with E-state index in [1.807, 2.05) is 24.3 Å². The molecule has 0 fully saturated rings. The van der Waals surface area contributed by atoms with Crippen LogP contribution < -0.4 is 5.32 Å². The minimum atomic E-state index is 0.948. The van der Waals surface area contributed by atoms with Gasteiger partial charge in [0.15, 0.2) is 0 Å². The summed E-state index contributed by atoms with van der Waals surface area (Å²) in [4.78, 5) is 0. The lowest BCUT2D eigenvalue weighted by Gasteiger charge is -1.93. The van der Waals surface area contributed by atoms with E-state index < -0.39 is 0 Å². The van der Waals surface area contributed by atoms with Crippen LogP contribution in [-0.2, 0) is 0 Å². The van der Waals surface area contributed by atoms with Crippen LogP contribution in [-0.4, -0.2) is 6.54 Å². The fraction of sp³-hybridized carbons (Fsp3) is 0.111. The van der Waals surface area contributed by atoms with E-state index in [0.29, 0.717) is 0 Å². The SMILES string of the molecule is C=CC[NH2+]c1ccccc1. The summed E-state index contributed by atoms with van der Waals surface area (Å²) in [5.74, 6) is 0. The third-order valence-electron chi connectivity index (χ3n) is 1.32. The van der Waals surface area contributed by atoms with Gasteiger partial charge in [-0.3, -0.25) is 0 Å².